The Morgan fingerprint density at radius 2 is 2.20 bits per heavy atom. The second-order valence-corrected chi connectivity index (χ2v) is 7.32. The van der Waals surface area contributed by atoms with E-state index in [1.807, 2.05) is 20.8 Å². The molecule has 0 spiro atoms. The average molecular weight is 281 g/mol. The number of rotatable bonds is 4. The average Bonchev–Trinajstić information content (AvgIpc) is 2.51. The zero-order valence-corrected chi connectivity index (χ0v) is 12.6. The molecule has 112 valence electrons. The van der Waals surface area contributed by atoms with E-state index in [4.69, 9.17) is 4.74 Å². The Hall–Kier alpha value is -1.39. The third-order valence-corrected chi connectivity index (χ3v) is 4.29. The number of nitro groups is 1. The number of carbonyl (C=O) groups is 1. The summed E-state index contributed by atoms with van der Waals surface area (Å²) in [6, 6.07) is 0. The molecule has 2 aliphatic carbocycles. The van der Waals surface area contributed by atoms with Crippen molar-refractivity contribution in [2.75, 3.05) is 6.54 Å². The third kappa shape index (κ3) is 3.02. The van der Waals surface area contributed by atoms with Crippen molar-refractivity contribution in [1.82, 2.24) is 0 Å². The first-order valence-electron chi connectivity index (χ1n) is 7.12. The van der Waals surface area contributed by atoms with Gasteiger partial charge in [0, 0.05) is 4.92 Å². The van der Waals surface area contributed by atoms with Gasteiger partial charge in [0.15, 0.2) is 0 Å². The van der Waals surface area contributed by atoms with Crippen LogP contribution in [0.4, 0.5) is 0 Å². The molecule has 20 heavy (non-hydrogen) atoms. The summed E-state index contributed by atoms with van der Waals surface area (Å²) in [5.74, 6) is 0.327. The van der Waals surface area contributed by atoms with Crippen LogP contribution in [0, 0.1) is 27.4 Å². The highest BCUT2D eigenvalue weighted by atomic mass is 16.6. The monoisotopic (exact) mass is 281 g/mol. The molecule has 0 aliphatic heterocycles. The highest BCUT2D eigenvalue weighted by Crippen LogP contribution is 2.59. The maximum absolute atomic E-state index is 12.1. The van der Waals surface area contributed by atoms with Crippen molar-refractivity contribution in [2.45, 2.75) is 52.6 Å². The van der Waals surface area contributed by atoms with Crippen LogP contribution < -0.4 is 0 Å². The number of allylic oxidation sites excluding steroid dienone is 2. The van der Waals surface area contributed by atoms with Gasteiger partial charge in [-0.3, -0.25) is 14.9 Å². The Morgan fingerprint density at radius 1 is 1.55 bits per heavy atom. The maximum atomic E-state index is 12.1. The molecular weight excluding hydrogens is 258 g/mol. The van der Waals surface area contributed by atoms with Gasteiger partial charge in [-0.15, -0.1) is 0 Å². The fourth-order valence-corrected chi connectivity index (χ4v) is 3.76. The fourth-order valence-electron chi connectivity index (χ4n) is 3.76. The standard InChI is InChI=1S/C15H23NO4/c1-10-5-11-7-15(9-16(18)19,12(11)6-10)8-13(17)20-14(2,3)4/h6,11-12H,5,7-9H2,1-4H3/t11-,12-,15-/m0/s1. The Bertz CT molecular complexity index is 463. The molecular formula is C15H23NO4. The third-order valence-electron chi connectivity index (χ3n) is 4.29. The summed E-state index contributed by atoms with van der Waals surface area (Å²) < 4.78 is 5.34. The molecule has 0 saturated heterocycles. The zero-order valence-electron chi connectivity index (χ0n) is 12.6. The van der Waals surface area contributed by atoms with Crippen LogP contribution in [0.5, 0.6) is 0 Å². The van der Waals surface area contributed by atoms with Gasteiger partial charge in [0.05, 0.1) is 11.8 Å². The van der Waals surface area contributed by atoms with Gasteiger partial charge in [0.1, 0.15) is 5.60 Å². The summed E-state index contributed by atoms with van der Waals surface area (Å²) in [6.45, 7) is 7.36. The van der Waals surface area contributed by atoms with E-state index in [-0.39, 0.29) is 29.8 Å². The van der Waals surface area contributed by atoms with E-state index in [1.54, 1.807) is 0 Å². The van der Waals surface area contributed by atoms with Crippen LogP contribution in [0.15, 0.2) is 11.6 Å². The molecule has 2 rings (SSSR count). The van der Waals surface area contributed by atoms with E-state index in [2.05, 4.69) is 13.0 Å². The van der Waals surface area contributed by atoms with Crippen molar-refractivity contribution < 1.29 is 14.5 Å². The summed E-state index contributed by atoms with van der Waals surface area (Å²) in [4.78, 5) is 22.7. The normalized spacial score (nSPS) is 32.1. The molecule has 3 atom stereocenters. The van der Waals surface area contributed by atoms with Gasteiger partial charge in [-0.25, -0.2) is 0 Å². The molecule has 1 fully saturated rings. The molecule has 1 saturated carbocycles. The van der Waals surface area contributed by atoms with Crippen molar-refractivity contribution in [3.8, 4) is 0 Å². The molecule has 0 unspecified atom stereocenters. The number of ether oxygens (including phenoxy) is 1. The summed E-state index contributed by atoms with van der Waals surface area (Å²) in [7, 11) is 0. The number of hydrogen-bond acceptors (Lipinski definition) is 4. The number of hydrogen-bond donors (Lipinski definition) is 0. The van der Waals surface area contributed by atoms with Gasteiger partial charge in [-0.2, -0.15) is 0 Å². The second kappa shape index (κ2) is 4.86. The van der Waals surface area contributed by atoms with E-state index >= 15 is 0 Å². The molecule has 0 aromatic carbocycles. The Balaban J connectivity index is 2.10. The topological polar surface area (TPSA) is 69.4 Å². The van der Waals surface area contributed by atoms with Gasteiger partial charge in [0.25, 0.3) is 0 Å². The molecule has 0 N–H and O–H groups in total. The van der Waals surface area contributed by atoms with E-state index < -0.39 is 11.0 Å². The van der Waals surface area contributed by atoms with Gasteiger partial charge >= 0.3 is 5.97 Å². The summed E-state index contributed by atoms with van der Waals surface area (Å²) in [5, 5.41) is 11.0. The van der Waals surface area contributed by atoms with Crippen LogP contribution in [-0.2, 0) is 9.53 Å². The molecule has 5 heteroatoms. The lowest BCUT2D eigenvalue weighted by Gasteiger charge is -2.49. The van der Waals surface area contributed by atoms with Crippen LogP contribution >= 0.6 is 0 Å². The summed E-state index contributed by atoms with van der Waals surface area (Å²) in [5.41, 5.74) is 0.209. The van der Waals surface area contributed by atoms with E-state index in [1.165, 1.54) is 5.57 Å². The van der Waals surface area contributed by atoms with Crippen molar-refractivity contribution in [3.63, 3.8) is 0 Å². The van der Waals surface area contributed by atoms with Crippen molar-refractivity contribution in [1.29, 1.82) is 0 Å². The molecule has 0 bridgehead atoms. The van der Waals surface area contributed by atoms with Crippen LogP contribution in [0.3, 0.4) is 0 Å². The van der Waals surface area contributed by atoms with Crippen LogP contribution in [0.25, 0.3) is 0 Å². The van der Waals surface area contributed by atoms with Crippen LogP contribution in [0.1, 0.15) is 47.0 Å². The van der Waals surface area contributed by atoms with Gasteiger partial charge in [-0.1, -0.05) is 11.6 Å². The van der Waals surface area contributed by atoms with Crippen molar-refractivity contribution in [2.24, 2.45) is 17.3 Å². The molecule has 0 amide bonds. The van der Waals surface area contributed by atoms with Crippen LogP contribution in [-0.4, -0.2) is 23.0 Å². The first kappa shape index (κ1) is 15.0. The number of nitrogens with zero attached hydrogens (tertiary/aromatic N) is 1. The predicted octanol–water partition coefficient (Wildman–Crippen LogP) is 2.97. The molecule has 0 radical (unpaired) electrons. The second-order valence-electron chi connectivity index (χ2n) is 7.32. The zero-order chi connectivity index (χ0) is 15.1. The minimum atomic E-state index is -0.544. The highest BCUT2D eigenvalue weighted by Gasteiger charge is 2.58. The van der Waals surface area contributed by atoms with Crippen LogP contribution in [0.2, 0.25) is 0 Å². The number of fused-ring (bicyclic) bond motifs is 1. The number of esters is 1. The molecule has 2 aliphatic rings. The minimum absolute atomic E-state index is 0.142. The van der Waals surface area contributed by atoms with Crippen molar-refractivity contribution in [3.05, 3.63) is 21.8 Å². The van der Waals surface area contributed by atoms with E-state index in [0.29, 0.717) is 5.92 Å². The van der Waals surface area contributed by atoms with Crippen molar-refractivity contribution >= 4 is 5.97 Å². The first-order chi connectivity index (χ1) is 9.11. The molecule has 0 aromatic rings. The highest BCUT2D eigenvalue weighted by molar-refractivity contribution is 5.71. The molecule has 0 heterocycles. The fraction of sp³-hybridized carbons (Fsp3) is 0.800. The summed E-state index contributed by atoms with van der Waals surface area (Å²) >= 11 is 0. The van der Waals surface area contributed by atoms with E-state index in [9.17, 15) is 14.9 Å². The lowest BCUT2D eigenvalue weighted by atomic mass is 9.53. The van der Waals surface area contributed by atoms with Gasteiger partial charge in [0.2, 0.25) is 6.54 Å². The largest absolute Gasteiger partial charge is 0.460 e. The number of carbonyl (C=O) groups excluding carboxylic acids is 1. The van der Waals surface area contributed by atoms with Gasteiger partial charge < -0.3 is 4.74 Å². The lowest BCUT2D eigenvalue weighted by molar-refractivity contribution is -0.506. The van der Waals surface area contributed by atoms with Gasteiger partial charge in [-0.05, 0) is 52.4 Å². The Morgan fingerprint density at radius 3 is 2.70 bits per heavy atom. The maximum Gasteiger partial charge on any atom is 0.307 e. The molecule has 5 nitrogen and oxygen atoms in total. The smallest absolute Gasteiger partial charge is 0.307 e. The quantitative estimate of drug-likeness (QED) is 0.344. The predicted molar refractivity (Wildman–Crippen MR) is 74.7 cm³/mol. The summed E-state index contributed by atoms with van der Waals surface area (Å²) in [6.07, 6.45) is 4.04. The SMILES string of the molecule is CC1=C[C@H]2[C@@H](C1)C[C@]2(CC(=O)OC(C)(C)C)C[N+](=O)[O-]. The lowest BCUT2D eigenvalue weighted by Crippen LogP contribution is -2.51. The Kier molecular flexibility index (Phi) is 3.65. The first-order valence-corrected chi connectivity index (χ1v) is 7.12. The Labute approximate surface area is 119 Å². The minimum Gasteiger partial charge on any atom is -0.460 e. The van der Waals surface area contributed by atoms with E-state index in [0.717, 1.165) is 12.8 Å². The molecule has 0 aromatic heterocycles.